The molecule has 0 N–H and O–H groups in total. The number of fused-ring (bicyclic) bond motifs is 14. The second-order valence-electron chi connectivity index (χ2n) is 16.6. The Morgan fingerprint density at radius 3 is 2.20 bits per heavy atom. The van der Waals surface area contributed by atoms with Gasteiger partial charge >= 0.3 is 0 Å². The molecule has 0 amide bonds. The van der Waals surface area contributed by atoms with Gasteiger partial charge in [0.15, 0.2) is 0 Å². The third-order valence-electron chi connectivity index (χ3n) is 12.4. The maximum atomic E-state index is 7.23. The van der Waals surface area contributed by atoms with Crippen molar-refractivity contribution in [2.45, 2.75) is 33.1 Å². The fraction of sp³-hybridized carbons (Fsp3) is 0.102. The van der Waals surface area contributed by atoms with E-state index in [9.17, 15) is 0 Å². The van der Waals surface area contributed by atoms with Crippen molar-refractivity contribution in [1.29, 1.82) is 0 Å². The van der Waals surface area contributed by atoms with E-state index in [-0.39, 0.29) is 12.1 Å². The van der Waals surface area contributed by atoms with Gasteiger partial charge < -0.3 is 18.8 Å². The van der Waals surface area contributed by atoms with E-state index >= 15 is 0 Å². The summed E-state index contributed by atoms with van der Waals surface area (Å²) < 4.78 is 12.3. The zero-order valence-electron chi connectivity index (χ0n) is 30.9. The molecule has 0 bridgehead atoms. The van der Waals surface area contributed by atoms with E-state index in [2.05, 4.69) is 176 Å². The molecule has 3 aliphatic heterocycles. The Kier molecular flexibility index (Phi) is 5.53. The molecule has 3 aliphatic rings. The van der Waals surface area contributed by atoms with E-state index in [1.165, 1.54) is 92.5 Å². The number of para-hydroxylation sites is 3. The molecule has 10 aromatic rings. The molecule has 0 fully saturated rings. The summed E-state index contributed by atoms with van der Waals surface area (Å²) in [5.41, 5.74) is 17.9. The topological polar surface area (TPSA) is 24.6 Å². The summed E-state index contributed by atoms with van der Waals surface area (Å²) in [6.07, 6.45) is 0. The van der Waals surface area contributed by atoms with Crippen LogP contribution in [0.15, 0.2) is 138 Å². The van der Waals surface area contributed by atoms with Gasteiger partial charge in [-0.05, 0) is 95.1 Å². The Balaban J connectivity index is 1.17. The molecule has 0 saturated heterocycles. The van der Waals surface area contributed by atoms with Crippen LogP contribution in [0.25, 0.3) is 58.6 Å². The van der Waals surface area contributed by atoms with Crippen molar-refractivity contribution in [3.63, 3.8) is 0 Å². The summed E-state index contributed by atoms with van der Waals surface area (Å²) in [5, 5.41) is 6.33. The van der Waals surface area contributed by atoms with Gasteiger partial charge in [0.25, 0.3) is 6.71 Å². The summed E-state index contributed by atoms with van der Waals surface area (Å²) in [6, 6.07) is 50.0. The van der Waals surface area contributed by atoms with E-state index in [0.29, 0.717) is 0 Å². The minimum absolute atomic E-state index is 0.0163. The molecule has 7 aromatic carbocycles. The van der Waals surface area contributed by atoms with Crippen LogP contribution in [0.1, 0.15) is 31.9 Å². The molecule has 6 heterocycles. The Morgan fingerprint density at radius 1 is 0.582 bits per heavy atom. The highest BCUT2D eigenvalue weighted by atomic mass is 32.1. The van der Waals surface area contributed by atoms with Crippen molar-refractivity contribution >= 4 is 122 Å². The first-order valence-electron chi connectivity index (χ1n) is 19.2. The largest absolute Gasteiger partial charge is 0.468 e. The van der Waals surface area contributed by atoms with E-state index in [0.717, 1.165) is 28.0 Å². The van der Waals surface area contributed by atoms with Gasteiger partial charge in [0, 0.05) is 53.4 Å². The standard InChI is InChI=1S/C49H34BN3OS/c1-27-23-39-44-40(24-27)53-37-16-9-13-33-30-11-5-7-15-36(30)52(45(33)37)38-17-10-14-35(47(38)53)50(44)48-46(34-25-28(49(2,3)4)19-22-41(34)54-48)51(39)29-20-21-32-31-12-6-8-18-42(31)55-43(32)26-29/h5-26H,1-4H3. The number of thiophene rings is 1. The lowest BCUT2D eigenvalue weighted by molar-refractivity contribution is 0.590. The van der Waals surface area contributed by atoms with Crippen LogP contribution in [-0.2, 0) is 5.41 Å². The van der Waals surface area contributed by atoms with Gasteiger partial charge in [0.2, 0.25) is 0 Å². The highest BCUT2D eigenvalue weighted by molar-refractivity contribution is 7.25. The average Bonchev–Trinajstić information content (AvgIpc) is 3.87. The summed E-state index contributed by atoms with van der Waals surface area (Å²) in [7, 11) is 0. The summed E-state index contributed by atoms with van der Waals surface area (Å²) >= 11 is 1.87. The normalized spacial score (nSPS) is 14.1. The Bertz CT molecular complexity index is 3360. The molecule has 0 aliphatic carbocycles. The minimum atomic E-state index is -0.0934. The van der Waals surface area contributed by atoms with Crippen molar-refractivity contribution in [2.75, 3.05) is 9.80 Å². The fourth-order valence-corrected chi connectivity index (χ4v) is 11.2. The predicted octanol–water partition coefficient (Wildman–Crippen LogP) is 11.9. The summed E-state index contributed by atoms with van der Waals surface area (Å²) in [4.78, 5) is 5.09. The third kappa shape index (κ3) is 3.73. The first kappa shape index (κ1) is 30.1. The molecule has 55 heavy (non-hydrogen) atoms. The lowest BCUT2D eigenvalue weighted by Crippen LogP contribution is -2.61. The van der Waals surface area contributed by atoms with Crippen molar-refractivity contribution in [3.05, 3.63) is 145 Å². The molecule has 6 heteroatoms. The number of rotatable bonds is 1. The Morgan fingerprint density at radius 2 is 1.33 bits per heavy atom. The van der Waals surface area contributed by atoms with Gasteiger partial charge in [-0.3, -0.25) is 0 Å². The van der Waals surface area contributed by atoms with Crippen LogP contribution in [0, 0.1) is 6.92 Å². The molecule has 260 valence electrons. The highest BCUT2D eigenvalue weighted by Gasteiger charge is 2.48. The van der Waals surface area contributed by atoms with Crippen LogP contribution >= 0.6 is 11.3 Å². The van der Waals surface area contributed by atoms with E-state index < -0.39 is 0 Å². The molecule has 0 atom stereocenters. The van der Waals surface area contributed by atoms with Crippen LogP contribution in [0.4, 0.5) is 34.1 Å². The van der Waals surface area contributed by atoms with Crippen LogP contribution in [0.2, 0.25) is 0 Å². The van der Waals surface area contributed by atoms with Gasteiger partial charge in [0.05, 0.1) is 39.4 Å². The quantitative estimate of drug-likeness (QED) is 0.158. The number of benzene rings is 7. The minimum Gasteiger partial charge on any atom is -0.468 e. The monoisotopic (exact) mass is 723 g/mol. The van der Waals surface area contributed by atoms with Crippen LogP contribution in [0.3, 0.4) is 0 Å². The lowest BCUT2D eigenvalue weighted by atomic mass is 9.35. The smallest absolute Gasteiger partial charge is 0.297 e. The van der Waals surface area contributed by atoms with Crippen LogP contribution in [-0.4, -0.2) is 11.3 Å². The first-order chi connectivity index (χ1) is 26.8. The highest BCUT2D eigenvalue weighted by Crippen LogP contribution is 2.53. The first-order valence-corrected chi connectivity index (χ1v) is 20.0. The molecular formula is C49H34BN3OS. The van der Waals surface area contributed by atoms with Crippen LogP contribution < -0.4 is 26.4 Å². The predicted molar refractivity (Wildman–Crippen MR) is 234 cm³/mol. The second kappa shape index (κ2) is 10.1. The molecular weight excluding hydrogens is 689 g/mol. The van der Waals surface area contributed by atoms with Gasteiger partial charge in [-0.2, -0.15) is 0 Å². The van der Waals surface area contributed by atoms with Gasteiger partial charge in [-0.1, -0.05) is 93.6 Å². The number of anilines is 6. The molecule has 0 saturated carbocycles. The van der Waals surface area contributed by atoms with Crippen molar-refractivity contribution in [1.82, 2.24) is 4.57 Å². The average molecular weight is 724 g/mol. The summed E-state index contributed by atoms with van der Waals surface area (Å²) in [5.74, 6) is 0. The van der Waals surface area contributed by atoms with Gasteiger partial charge in [0.1, 0.15) is 5.58 Å². The second-order valence-corrected chi connectivity index (χ2v) is 17.7. The molecule has 0 radical (unpaired) electrons. The van der Waals surface area contributed by atoms with Crippen molar-refractivity contribution in [3.8, 4) is 5.69 Å². The van der Waals surface area contributed by atoms with E-state index in [4.69, 9.17) is 4.42 Å². The fourth-order valence-electron chi connectivity index (χ4n) is 10.1. The zero-order chi connectivity index (χ0) is 36.5. The van der Waals surface area contributed by atoms with Crippen molar-refractivity contribution in [2.24, 2.45) is 0 Å². The Hall–Kier alpha value is -6.24. The maximum absolute atomic E-state index is 7.23. The molecule has 13 rings (SSSR count). The number of furan rings is 1. The SMILES string of the molecule is Cc1cc2c3c(c1)N1c4c(cccc4-n4c5ccccc5c5cccc1c54)B3c1oc3ccc(C(C)(C)C)cc3c1N2c1ccc2c(c1)sc1ccccc12. The Labute approximate surface area is 322 Å². The van der Waals surface area contributed by atoms with Gasteiger partial charge in [-0.15, -0.1) is 11.3 Å². The van der Waals surface area contributed by atoms with E-state index in [1.54, 1.807) is 0 Å². The van der Waals surface area contributed by atoms with Gasteiger partial charge in [-0.25, -0.2) is 0 Å². The number of nitrogens with zero attached hydrogens (tertiary/aromatic N) is 3. The molecule has 4 nitrogen and oxygen atoms in total. The number of aryl methyl sites for hydroxylation is 1. The third-order valence-corrected chi connectivity index (χ3v) is 13.6. The van der Waals surface area contributed by atoms with Crippen molar-refractivity contribution < 1.29 is 4.42 Å². The summed E-state index contributed by atoms with van der Waals surface area (Å²) in [6.45, 7) is 9.05. The number of hydrogen-bond acceptors (Lipinski definition) is 4. The molecule has 0 spiro atoms. The molecule has 3 aromatic heterocycles. The maximum Gasteiger partial charge on any atom is 0.297 e. The van der Waals surface area contributed by atoms with Crippen LogP contribution in [0.5, 0.6) is 0 Å². The van der Waals surface area contributed by atoms with E-state index in [1.807, 2.05) is 11.3 Å². The number of hydrogen-bond donors (Lipinski definition) is 0. The zero-order valence-corrected chi connectivity index (χ0v) is 31.8. The molecule has 0 unspecified atom stereocenters. The lowest BCUT2D eigenvalue weighted by Gasteiger charge is -2.44. The number of aromatic nitrogens is 1.